The first-order chi connectivity index (χ1) is 7.70. The van der Waals surface area contributed by atoms with Gasteiger partial charge in [0.1, 0.15) is 5.75 Å². The van der Waals surface area contributed by atoms with E-state index in [0.29, 0.717) is 11.4 Å². The van der Waals surface area contributed by atoms with E-state index in [4.69, 9.17) is 9.88 Å². The Bertz CT molecular complexity index is 592. The molecule has 1 aliphatic heterocycles. The second-order valence-corrected chi connectivity index (χ2v) is 5.83. The van der Waals surface area contributed by atoms with Crippen LogP contribution in [0, 0.1) is 0 Å². The molecule has 2 rings (SSSR count). The van der Waals surface area contributed by atoms with Gasteiger partial charge in [0.2, 0.25) is 10.0 Å². The van der Waals surface area contributed by atoms with Gasteiger partial charge in [0.15, 0.2) is 5.60 Å². The van der Waals surface area contributed by atoms with Crippen molar-refractivity contribution < 1.29 is 17.9 Å². The van der Waals surface area contributed by atoms with Gasteiger partial charge >= 0.3 is 0 Å². The molecule has 0 saturated carbocycles. The van der Waals surface area contributed by atoms with Gasteiger partial charge < -0.3 is 10.1 Å². The fourth-order valence-electron chi connectivity index (χ4n) is 1.46. The molecule has 17 heavy (non-hydrogen) atoms. The Hall–Kier alpha value is -1.60. The SMILES string of the molecule is CC1(C)Oc2cc(S(N)(=O)=O)ccc2NC1=O. The Morgan fingerprint density at radius 1 is 1.35 bits per heavy atom. The fourth-order valence-corrected chi connectivity index (χ4v) is 1.99. The molecule has 6 nitrogen and oxygen atoms in total. The van der Waals surface area contributed by atoms with Crippen LogP contribution < -0.4 is 15.2 Å². The van der Waals surface area contributed by atoms with Crippen LogP contribution in [0.1, 0.15) is 13.8 Å². The van der Waals surface area contributed by atoms with Crippen LogP contribution >= 0.6 is 0 Å². The lowest BCUT2D eigenvalue weighted by atomic mass is 10.1. The number of benzene rings is 1. The van der Waals surface area contributed by atoms with Gasteiger partial charge in [0.05, 0.1) is 10.6 Å². The topological polar surface area (TPSA) is 98.5 Å². The maximum Gasteiger partial charge on any atom is 0.268 e. The molecular formula is C10H12N2O4S. The molecule has 0 unspecified atom stereocenters. The Kier molecular flexibility index (Phi) is 2.41. The van der Waals surface area contributed by atoms with Crippen molar-refractivity contribution in [2.24, 2.45) is 5.14 Å². The highest BCUT2D eigenvalue weighted by atomic mass is 32.2. The molecule has 1 aliphatic rings. The van der Waals surface area contributed by atoms with Crippen molar-refractivity contribution in [2.75, 3.05) is 5.32 Å². The summed E-state index contributed by atoms with van der Waals surface area (Å²) in [6.07, 6.45) is 0. The zero-order valence-corrected chi connectivity index (χ0v) is 10.2. The number of sulfonamides is 1. The largest absolute Gasteiger partial charge is 0.476 e. The number of nitrogens with one attached hydrogen (secondary N) is 1. The van der Waals surface area contributed by atoms with Crippen LogP contribution in [0.25, 0.3) is 0 Å². The van der Waals surface area contributed by atoms with Gasteiger partial charge in [0.25, 0.3) is 5.91 Å². The van der Waals surface area contributed by atoms with Crippen molar-refractivity contribution in [3.05, 3.63) is 18.2 Å². The lowest BCUT2D eigenvalue weighted by molar-refractivity contribution is -0.129. The van der Waals surface area contributed by atoms with Crippen LogP contribution in [-0.4, -0.2) is 19.9 Å². The van der Waals surface area contributed by atoms with Gasteiger partial charge in [-0.2, -0.15) is 0 Å². The number of hydrogen-bond acceptors (Lipinski definition) is 4. The molecule has 0 radical (unpaired) electrons. The third kappa shape index (κ3) is 2.11. The highest BCUT2D eigenvalue weighted by molar-refractivity contribution is 7.89. The average Bonchev–Trinajstić information content (AvgIpc) is 2.17. The van der Waals surface area contributed by atoms with Crippen molar-refractivity contribution >= 4 is 21.6 Å². The molecule has 1 amide bonds. The highest BCUT2D eigenvalue weighted by Crippen LogP contribution is 2.34. The van der Waals surface area contributed by atoms with Crippen LogP contribution in [0.3, 0.4) is 0 Å². The van der Waals surface area contributed by atoms with Crippen molar-refractivity contribution in [3.8, 4) is 5.75 Å². The first-order valence-electron chi connectivity index (χ1n) is 4.87. The number of rotatable bonds is 1. The van der Waals surface area contributed by atoms with Gasteiger partial charge in [0, 0.05) is 6.07 Å². The molecule has 1 aromatic carbocycles. The molecule has 0 bridgehead atoms. The summed E-state index contributed by atoms with van der Waals surface area (Å²) in [6.45, 7) is 3.18. The number of nitrogens with two attached hydrogens (primary N) is 1. The first kappa shape index (κ1) is 11.9. The number of ether oxygens (including phenoxy) is 1. The predicted octanol–water partition coefficient (Wildman–Crippen LogP) is 0.444. The van der Waals surface area contributed by atoms with Gasteiger partial charge in [-0.15, -0.1) is 0 Å². The third-order valence-electron chi connectivity index (χ3n) is 2.44. The summed E-state index contributed by atoms with van der Waals surface area (Å²) in [4.78, 5) is 11.5. The Labute approximate surface area is 98.8 Å². The second-order valence-electron chi connectivity index (χ2n) is 4.27. The molecule has 1 aromatic rings. The van der Waals surface area contributed by atoms with Crippen molar-refractivity contribution in [1.82, 2.24) is 0 Å². The van der Waals surface area contributed by atoms with Crippen LogP contribution in [0.15, 0.2) is 23.1 Å². The van der Waals surface area contributed by atoms with Gasteiger partial charge in [-0.25, -0.2) is 13.6 Å². The van der Waals surface area contributed by atoms with Crippen molar-refractivity contribution in [3.63, 3.8) is 0 Å². The van der Waals surface area contributed by atoms with Gasteiger partial charge in [-0.3, -0.25) is 4.79 Å². The molecule has 1 heterocycles. The monoisotopic (exact) mass is 256 g/mol. The number of carbonyl (C=O) groups excluding carboxylic acids is 1. The Balaban J connectivity index is 2.52. The van der Waals surface area contributed by atoms with E-state index >= 15 is 0 Å². The summed E-state index contributed by atoms with van der Waals surface area (Å²) in [6, 6.07) is 4.06. The van der Waals surface area contributed by atoms with E-state index in [1.807, 2.05) is 0 Å². The summed E-state index contributed by atoms with van der Waals surface area (Å²) in [7, 11) is -3.78. The van der Waals surface area contributed by atoms with Gasteiger partial charge in [-0.1, -0.05) is 0 Å². The molecule has 0 aromatic heterocycles. The van der Waals surface area contributed by atoms with Gasteiger partial charge in [-0.05, 0) is 26.0 Å². The van der Waals surface area contributed by atoms with E-state index in [-0.39, 0.29) is 10.8 Å². The lowest BCUT2D eigenvalue weighted by Crippen LogP contribution is -2.45. The zero-order valence-electron chi connectivity index (χ0n) is 9.35. The summed E-state index contributed by atoms with van der Waals surface area (Å²) >= 11 is 0. The fraction of sp³-hybridized carbons (Fsp3) is 0.300. The molecule has 92 valence electrons. The standard InChI is InChI=1S/C10H12N2O4S/c1-10(2)9(13)12-7-4-3-6(17(11,14)15)5-8(7)16-10/h3-5H,1-2H3,(H,12,13)(H2,11,14,15). The highest BCUT2D eigenvalue weighted by Gasteiger charge is 2.35. The number of fused-ring (bicyclic) bond motifs is 1. The van der Waals surface area contributed by atoms with E-state index < -0.39 is 15.6 Å². The minimum absolute atomic E-state index is 0.0526. The maximum atomic E-state index is 11.6. The molecule has 0 aliphatic carbocycles. The summed E-state index contributed by atoms with van der Waals surface area (Å²) in [5, 5.41) is 7.64. The molecule has 0 fully saturated rings. The number of carbonyl (C=O) groups is 1. The minimum atomic E-state index is -3.78. The summed E-state index contributed by atoms with van der Waals surface area (Å²) in [5.74, 6) is 0.00878. The minimum Gasteiger partial charge on any atom is -0.476 e. The van der Waals surface area contributed by atoms with Crippen LogP contribution in [-0.2, 0) is 14.8 Å². The van der Waals surface area contributed by atoms with Crippen molar-refractivity contribution in [2.45, 2.75) is 24.3 Å². The van der Waals surface area contributed by atoms with E-state index in [0.717, 1.165) is 0 Å². The first-order valence-corrected chi connectivity index (χ1v) is 6.42. The molecule has 0 spiro atoms. The third-order valence-corrected chi connectivity index (χ3v) is 3.35. The van der Waals surface area contributed by atoms with E-state index in [2.05, 4.69) is 5.32 Å². The van der Waals surface area contributed by atoms with E-state index in [1.165, 1.54) is 18.2 Å². The molecular weight excluding hydrogens is 244 g/mol. The van der Waals surface area contributed by atoms with Crippen molar-refractivity contribution in [1.29, 1.82) is 0 Å². The number of hydrogen-bond donors (Lipinski definition) is 2. The normalized spacial score (nSPS) is 17.9. The smallest absolute Gasteiger partial charge is 0.268 e. The number of primary sulfonamides is 1. The Morgan fingerprint density at radius 3 is 2.59 bits per heavy atom. The predicted molar refractivity (Wildman–Crippen MR) is 61.2 cm³/mol. The summed E-state index contributed by atoms with van der Waals surface area (Å²) < 4.78 is 27.8. The average molecular weight is 256 g/mol. The molecule has 0 atom stereocenters. The summed E-state index contributed by atoms with van der Waals surface area (Å²) in [5.41, 5.74) is -0.606. The van der Waals surface area contributed by atoms with E-state index in [9.17, 15) is 13.2 Å². The molecule has 7 heteroatoms. The molecule has 3 N–H and O–H groups in total. The number of anilines is 1. The molecule has 0 saturated heterocycles. The quantitative estimate of drug-likeness (QED) is 0.761. The van der Waals surface area contributed by atoms with Crippen LogP contribution in [0.2, 0.25) is 0 Å². The van der Waals surface area contributed by atoms with Crippen LogP contribution in [0.5, 0.6) is 5.75 Å². The number of amides is 1. The van der Waals surface area contributed by atoms with E-state index in [1.54, 1.807) is 13.8 Å². The maximum absolute atomic E-state index is 11.6. The Morgan fingerprint density at radius 2 is 2.00 bits per heavy atom. The van der Waals surface area contributed by atoms with Crippen LogP contribution in [0.4, 0.5) is 5.69 Å². The second kappa shape index (κ2) is 3.44. The lowest BCUT2D eigenvalue weighted by Gasteiger charge is -2.31. The zero-order chi connectivity index (χ0) is 12.8.